The summed E-state index contributed by atoms with van der Waals surface area (Å²) in [6, 6.07) is 0. The molecule has 1 aromatic rings. The molecule has 0 atom stereocenters. The normalized spacial score (nSPS) is 12.9. The molecule has 0 radical (unpaired) electrons. The van der Waals surface area contributed by atoms with Gasteiger partial charge in [-0.2, -0.15) is 5.10 Å². The molecule has 5 nitrogen and oxygen atoms in total. The summed E-state index contributed by atoms with van der Waals surface area (Å²) < 4.78 is 26.1. The molecule has 1 heterocycles. The van der Waals surface area contributed by atoms with Crippen LogP contribution in [0.3, 0.4) is 0 Å². The first kappa shape index (κ1) is 14.2. The number of hydrogen-bond donors (Lipinski definition) is 2. The highest BCUT2D eigenvalue weighted by Crippen LogP contribution is 2.19. The van der Waals surface area contributed by atoms with Crippen molar-refractivity contribution in [3.05, 3.63) is 17.5 Å². The minimum Gasteiger partial charge on any atom is -0.283 e. The minimum absolute atomic E-state index is 0.0281. The number of rotatable bonds is 5. The molecule has 0 fully saturated rings. The molecule has 1 aromatic heterocycles. The second-order valence-corrected chi connectivity index (χ2v) is 7.40. The maximum Gasteiger partial charge on any atom is 0.211 e. The summed E-state index contributed by atoms with van der Waals surface area (Å²) >= 11 is 0. The number of aromatic amines is 1. The summed E-state index contributed by atoms with van der Waals surface area (Å²) in [5.41, 5.74) is 1.80. The zero-order chi connectivity index (χ0) is 13.1. The van der Waals surface area contributed by atoms with Crippen LogP contribution in [0.15, 0.2) is 6.20 Å². The van der Waals surface area contributed by atoms with Crippen LogP contribution in [0, 0.1) is 12.3 Å². The van der Waals surface area contributed by atoms with Gasteiger partial charge in [0.2, 0.25) is 10.0 Å². The van der Waals surface area contributed by atoms with E-state index < -0.39 is 10.0 Å². The number of aromatic nitrogens is 2. The SMILES string of the molecule is Cc1[nH]ncc1CNS(=O)(=O)CCC(C)(C)C. The van der Waals surface area contributed by atoms with Crippen molar-refractivity contribution in [2.24, 2.45) is 5.41 Å². The van der Waals surface area contributed by atoms with Crippen molar-refractivity contribution in [1.82, 2.24) is 14.9 Å². The number of nitrogens with zero attached hydrogens (tertiary/aromatic N) is 1. The van der Waals surface area contributed by atoms with E-state index in [1.807, 2.05) is 27.7 Å². The predicted molar refractivity (Wildman–Crippen MR) is 68.0 cm³/mol. The quantitative estimate of drug-likeness (QED) is 0.843. The Bertz CT molecular complexity index is 457. The molecule has 0 saturated heterocycles. The Hall–Kier alpha value is -0.880. The van der Waals surface area contributed by atoms with Crippen molar-refractivity contribution < 1.29 is 8.42 Å². The van der Waals surface area contributed by atoms with Gasteiger partial charge in [-0.3, -0.25) is 5.10 Å². The lowest BCUT2D eigenvalue weighted by molar-refractivity contribution is 0.396. The van der Waals surface area contributed by atoms with Crippen LogP contribution in [0.1, 0.15) is 38.4 Å². The van der Waals surface area contributed by atoms with E-state index >= 15 is 0 Å². The molecule has 0 aromatic carbocycles. The van der Waals surface area contributed by atoms with E-state index in [2.05, 4.69) is 14.9 Å². The van der Waals surface area contributed by atoms with E-state index in [0.29, 0.717) is 13.0 Å². The molecule has 0 aliphatic carbocycles. The molecule has 0 unspecified atom stereocenters. The van der Waals surface area contributed by atoms with Crippen LogP contribution in [0.25, 0.3) is 0 Å². The first-order valence-corrected chi connectivity index (χ1v) is 7.31. The Morgan fingerprint density at radius 1 is 1.41 bits per heavy atom. The van der Waals surface area contributed by atoms with Crippen molar-refractivity contribution in [1.29, 1.82) is 0 Å². The average molecular weight is 259 g/mol. The van der Waals surface area contributed by atoms with Gasteiger partial charge in [0.1, 0.15) is 0 Å². The maximum atomic E-state index is 11.7. The molecule has 0 saturated carbocycles. The van der Waals surface area contributed by atoms with Gasteiger partial charge in [0.15, 0.2) is 0 Å². The number of nitrogens with one attached hydrogen (secondary N) is 2. The minimum atomic E-state index is -3.20. The van der Waals surface area contributed by atoms with Crippen LogP contribution in [0.2, 0.25) is 0 Å². The van der Waals surface area contributed by atoms with Gasteiger partial charge in [-0.05, 0) is 18.8 Å². The highest BCUT2D eigenvalue weighted by molar-refractivity contribution is 7.89. The third-order valence-corrected chi connectivity index (χ3v) is 3.86. The molecule has 0 aliphatic heterocycles. The Morgan fingerprint density at radius 3 is 2.53 bits per heavy atom. The van der Waals surface area contributed by atoms with Crippen LogP contribution < -0.4 is 4.72 Å². The Kier molecular flexibility index (Phi) is 4.32. The topological polar surface area (TPSA) is 74.8 Å². The Balaban J connectivity index is 2.48. The van der Waals surface area contributed by atoms with Crippen molar-refractivity contribution in [2.45, 2.75) is 40.7 Å². The van der Waals surface area contributed by atoms with E-state index in [0.717, 1.165) is 11.3 Å². The summed E-state index contributed by atoms with van der Waals surface area (Å²) in [6.45, 7) is 8.26. The third kappa shape index (κ3) is 5.32. The van der Waals surface area contributed by atoms with Crippen molar-refractivity contribution in [2.75, 3.05) is 5.75 Å². The summed E-state index contributed by atoms with van der Waals surface area (Å²) in [6.07, 6.45) is 2.29. The van der Waals surface area contributed by atoms with E-state index in [1.165, 1.54) is 0 Å². The summed E-state index contributed by atoms with van der Waals surface area (Å²) in [7, 11) is -3.20. The fourth-order valence-corrected chi connectivity index (χ4v) is 2.66. The summed E-state index contributed by atoms with van der Waals surface area (Å²) in [5.74, 6) is 0.160. The molecule has 2 N–H and O–H groups in total. The number of aryl methyl sites for hydroxylation is 1. The predicted octanol–water partition coefficient (Wildman–Crippen LogP) is 1.57. The molecule has 6 heteroatoms. The highest BCUT2D eigenvalue weighted by atomic mass is 32.2. The summed E-state index contributed by atoms with van der Waals surface area (Å²) in [5, 5.41) is 6.62. The largest absolute Gasteiger partial charge is 0.283 e. The van der Waals surface area contributed by atoms with Crippen LogP contribution >= 0.6 is 0 Å². The summed E-state index contributed by atoms with van der Waals surface area (Å²) in [4.78, 5) is 0. The van der Waals surface area contributed by atoms with Crippen molar-refractivity contribution in [3.8, 4) is 0 Å². The number of H-pyrrole nitrogens is 1. The molecular weight excluding hydrogens is 238 g/mol. The van der Waals surface area contributed by atoms with Gasteiger partial charge in [-0.15, -0.1) is 0 Å². The van der Waals surface area contributed by atoms with Crippen LogP contribution in [-0.4, -0.2) is 24.4 Å². The molecule has 98 valence electrons. The average Bonchev–Trinajstić information content (AvgIpc) is 2.58. The molecule has 0 spiro atoms. The monoisotopic (exact) mass is 259 g/mol. The third-order valence-electron chi connectivity index (χ3n) is 2.54. The zero-order valence-electron chi connectivity index (χ0n) is 10.9. The Morgan fingerprint density at radius 2 is 2.06 bits per heavy atom. The molecule has 0 bridgehead atoms. The Labute approximate surface area is 103 Å². The number of sulfonamides is 1. The van der Waals surface area contributed by atoms with Gasteiger partial charge in [-0.1, -0.05) is 20.8 Å². The second-order valence-electron chi connectivity index (χ2n) is 5.47. The first-order chi connectivity index (χ1) is 7.70. The van der Waals surface area contributed by atoms with E-state index in [9.17, 15) is 8.42 Å². The van der Waals surface area contributed by atoms with Crippen LogP contribution in [0.4, 0.5) is 0 Å². The highest BCUT2D eigenvalue weighted by Gasteiger charge is 2.17. The molecule has 1 rings (SSSR count). The molecule has 17 heavy (non-hydrogen) atoms. The van der Waals surface area contributed by atoms with Crippen molar-refractivity contribution in [3.63, 3.8) is 0 Å². The molecule has 0 aliphatic rings. The molecular formula is C11H21N3O2S. The van der Waals surface area contributed by atoms with Crippen LogP contribution in [-0.2, 0) is 16.6 Å². The standard InChI is InChI=1S/C11H21N3O2S/c1-9-10(7-12-14-9)8-13-17(15,16)6-5-11(2,3)4/h7,13H,5-6,8H2,1-4H3,(H,12,14). The van der Waals surface area contributed by atoms with E-state index in [1.54, 1.807) is 6.20 Å². The lowest BCUT2D eigenvalue weighted by Crippen LogP contribution is -2.28. The van der Waals surface area contributed by atoms with Gasteiger partial charge in [0.25, 0.3) is 0 Å². The smallest absolute Gasteiger partial charge is 0.211 e. The van der Waals surface area contributed by atoms with Gasteiger partial charge < -0.3 is 0 Å². The van der Waals surface area contributed by atoms with Gasteiger partial charge in [0, 0.05) is 17.8 Å². The number of hydrogen-bond acceptors (Lipinski definition) is 3. The zero-order valence-corrected chi connectivity index (χ0v) is 11.7. The maximum absolute atomic E-state index is 11.7. The van der Waals surface area contributed by atoms with Gasteiger partial charge in [0.05, 0.1) is 11.9 Å². The van der Waals surface area contributed by atoms with Gasteiger partial charge in [-0.25, -0.2) is 13.1 Å². The van der Waals surface area contributed by atoms with E-state index in [-0.39, 0.29) is 11.2 Å². The fraction of sp³-hybridized carbons (Fsp3) is 0.727. The second kappa shape index (κ2) is 5.18. The van der Waals surface area contributed by atoms with Crippen molar-refractivity contribution >= 4 is 10.0 Å². The van der Waals surface area contributed by atoms with Crippen LogP contribution in [0.5, 0.6) is 0 Å². The first-order valence-electron chi connectivity index (χ1n) is 5.66. The van der Waals surface area contributed by atoms with E-state index in [4.69, 9.17) is 0 Å². The molecule has 0 amide bonds. The lowest BCUT2D eigenvalue weighted by Gasteiger charge is -2.17. The van der Waals surface area contributed by atoms with Gasteiger partial charge >= 0.3 is 0 Å². The fourth-order valence-electron chi connectivity index (χ4n) is 1.25. The lowest BCUT2D eigenvalue weighted by atomic mass is 9.94.